The molecule has 0 bridgehead atoms. The third kappa shape index (κ3) is 4.92. The first-order valence-corrected chi connectivity index (χ1v) is 12.4. The average Bonchev–Trinajstić information content (AvgIpc) is 2.77. The van der Waals surface area contributed by atoms with Crippen LogP contribution >= 0.6 is 0 Å². The molecule has 0 radical (unpaired) electrons. The highest BCUT2D eigenvalue weighted by molar-refractivity contribution is 6.74. The Morgan fingerprint density at radius 1 is 1.15 bits per heavy atom. The summed E-state index contributed by atoms with van der Waals surface area (Å²) in [7, 11) is -0.402. The highest BCUT2D eigenvalue weighted by atomic mass is 28.4. The molecule has 27 heavy (non-hydrogen) atoms. The van der Waals surface area contributed by atoms with Crippen LogP contribution in [0.25, 0.3) is 0 Å². The van der Waals surface area contributed by atoms with E-state index in [1.807, 2.05) is 38.1 Å². The molecule has 1 aliphatic rings. The van der Waals surface area contributed by atoms with Crippen LogP contribution < -0.4 is 4.74 Å². The zero-order valence-electron chi connectivity index (χ0n) is 17.9. The maximum absolute atomic E-state index is 12.4. The Morgan fingerprint density at radius 3 is 2.26 bits per heavy atom. The smallest absolute Gasteiger partial charge is 0.314 e. The van der Waals surface area contributed by atoms with Crippen molar-refractivity contribution in [2.45, 2.75) is 71.6 Å². The van der Waals surface area contributed by atoms with E-state index in [1.54, 1.807) is 7.11 Å². The van der Waals surface area contributed by atoms with Crippen molar-refractivity contribution in [1.82, 2.24) is 0 Å². The second kappa shape index (κ2) is 7.93. The van der Waals surface area contributed by atoms with Crippen molar-refractivity contribution in [1.29, 1.82) is 0 Å². The minimum absolute atomic E-state index is 0.0587. The van der Waals surface area contributed by atoms with Crippen LogP contribution in [0.1, 0.15) is 40.2 Å². The molecular weight excluding hydrogens is 360 g/mol. The number of hydrogen-bond donors (Lipinski definition) is 0. The Kier molecular flexibility index (Phi) is 6.44. The minimum Gasteiger partial charge on any atom is -0.497 e. The van der Waals surface area contributed by atoms with Gasteiger partial charge in [-0.05, 0) is 49.7 Å². The van der Waals surface area contributed by atoms with E-state index in [2.05, 4.69) is 33.9 Å². The summed E-state index contributed by atoms with van der Waals surface area (Å²) in [6.45, 7) is 15.5. The maximum atomic E-state index is 12.4. The van der Waals surface area contributed by atoms with Crippen molar-refractivity contribution in [2.75, 3.05) is 13.7 Å². The van der Waals surface area contributed by atoms with E-state index >= 15 is 0 Å². The van der Waals surface area contributed by atoms with Gasteiger partial charge in [0.1, 0.15) is 5.75 Å². The number of carbonyl (C=O) groups excluding carboxylic acids is 1. The number of benzene rings is 1. The van der Waals surface area contributed by atoms with Crippen LogP contribution in [0.5, 0.6) is 5.75 Å². The van der Waals surface area contributed by atoms with E-state index in [1.165, 1.54) is 0 Å². The van der Waals surface area contributed by atoms with E-state index in [-0.39, 0.29) is 23.2 Å². The van der Waals surface area contributed by atoms with E-state index in [0.717, 1.165) is 11.3 Å². The standard InChI is InChI=1S/C21H34O5Si/c1-20(2,3)27(7,8)26-18-17(25-19(22)21(18,4)5)14-24-13-15-9-11-16(23-6)12-10-15/h9-12,17-18H,13-14H2,1-8H3/t17-,18?/m1/s1. The van der Waals surface area contributed by atoms with Gasteiger partial charge in [-0.2, -0.15) is 0 Å². The monoisotopic (exact) mass is 394 g/mol. The molecule has 1 saturated heterocycles. The fraction of sp³-hybridized carbons (Fsp3) is 0.667. The Morgan fingerprint density at radius 2 is 1.74 bits per heavy atom. The molecule has 0 saturated carbocycles. The molecule has 1 unspecified atom stereocenters. The number of methoxy groups -OCH3 is 1. The van der Waals surface area contributed by atoms with Gasteiger partial charge in [-0.1, -0.05) is 32.9 Å². The molecule has 0 aliphatic carbocycles. The largest absolute Gasteiger partial charge is 0.497 e. The molecule has 2 rings (SSSR count). The average molecular weight is 395 g/mol. The quantitative estimate of drug-likeness (QED) is 0.501. The second-order valence-electron chi connectivity index (χ2n) is 9.33. The fourth-order valence-corrected chi connectivity index (χ4v) is 4.22. The van der Waals surface area contributed by atoms with Crippen molar-refractivity contribution in [3.8, 4) is 5.75 Å². The van der Waals surface area contributed by atoms with Gasteiger partial charge in [-0.25, -0.2) is 0 Å². The van der Waals surface area contributed by atoms with Crippen LogP contribution in [-0.2, 0) is 25.3 Å². The third-order valence-electron chi connectivity index (χ3n) is 5.77. The van der Waals surface area contributed by atoms with Gasteiger partial charge in [0.15, 0.2) is 14.4 Å². The number of cyclic esters (lactones) is 1. The molecule has 1 aliphatic heterocycles. The minimum atomic E-state index is -2.05. The topological polar surface area (TPSA) is 54.0 Å². The van der Waals surface area contributed by atoms with Gasteiger partial charge in [0.25, 0.3) is 0 Å². The number of esters is 1. The van der Waals surface area contributed by atoms with E-state index in [4.69, 9.17) is 18.6 Å². The van der Waals surface area contributed by atoms with Crippen molar-refractivity contribution in [3.05, 3.63) is 29.8 Å². The third-order valence-corrected chi connectivity index (χ3v) is 10.2. The lowest BCUT2D eigenvalue weighted by atomic mass is 9.87. The molecule has 0 amide bonds. The van der Waals surface area contributed by atoms with Crippen molar-refractivity contribution >= 4 is 14.3 Å². The van der Waals surface area contributed by atoms with Crippen LogP contribution in [0.2, 0.25) is 18.1 Å². The zero-order chi connectivity index (χ0) is 20.5. The molecule has 0 spiro atoms. The summed E-state index contributed by atoms with van der Waals surface area (Å²) in [6, 6.07) is 7.74. The fourth-order valence-electron chi connectivity index (χ4n) is 2.79. The SMILES string of the molecule is COc1ccc(COC[C@H]2OC(=O)C(C)(C)C2O[Si](C)(C)C(C)(C)C)cc1. The maximum Gasteiger partial charge on any atom is 0.314 e. The molecule has 0 aromatic heterocycles. The van der Waals surface area contributed by atoms with Gasteiger partial charge in [-0.3, -0.25) is 4.79 Å². The summed E-state index contributed by atoms with van der Waals surface area (Å²) in [6.07, 6.45) is -0.693. The number of carbonyl (C=O) groups is 1. The number of hydrogen-bond acceptors (Lipinski definition) is 5. The lowest BCUT2D eigenvalue weighted by Crippen LogP contribution is -2.50. The Balaban J connectivity index is 2.03. The Bertz CT molecular complexity index is 646. The summed E-state index contributed by atoms with van der Waals surface area (Å²) >= 11 is 0. The van der Waals surface area contributed by atoms with Crippen LogP contribution in [0, 0.1) is 5.41 Å². The molecule has 152 valence electrons. The first kappa shape index (κ1) is 21.9. The normalized spacial score (nSPS) is 22.6. The van der Waals surface area contributed by atoms with Crippen molar-refractivity contribution in [2.24, 2.45) is 5.41 Å². The van der Waals surface area contributed by atoms with Crippen LogP contribution in [0.4, 0.5) is 0 Å². The first-order chi connectivity index (χ1) is 12.4. The van der Waals surface area contributed by atoms with E-state index < -0.39 is 13.7 Å². The van der Waals surface area contributed by atoms with E-state index in [9.17, 15) is 4.79 Å². The van der Waals surface area contributed by atoms with Crippen molar-refractivity contribution in [3.63, 3.8) is 0 Å². The molecule has 5 nitrogen and oxygen atoms in total. The molecular formula is C21H34O5Si. The van der Waals surface area contributed by atoms with Gasteiger partial charge in [0.2, 0.25) is 0 Å². The highest BCUT2D eigenvalue weighted by Crippen LogP contribution is 2.43. The molecule has 0 N–H and O–H groups in total. The van der Waals surface area contributed by atoms with Crippen molar-refractivity contribution < 1.29 is 23.4 Å². The van der Waals surface area contributed by atoms with Gasteiger partial charge in [0, 0.05) is 0 Å². The zero-order valence-corrected chi connectivity index (χ0v) is 18.9. The summed E-state index contributed by atoms with van der Waals surface area (Å²) in [5.41, 5.74) is 0.366. The van der Waals surface area contributed by atoms with Crippen LogP contribution in [0.3, 0.4) is 0 Å². The molecule has 6 heteroatoms. The van der Waals surface area contributed by atoms with Gasteiger partial charge >= 0.3 is 5.97 Å². The Hall–Kier alpha value is -1.37. The summed E-state index contributed by atoms with van der Waals surface area (Å²) < 4.78 is 23.3. The molecule has 1 fully saturated rings. The van der Waals surface area contributed by atoms with Crippen LogP contribution in [0.15, 0.2) is 24.3 Å². The Labute approximate surface area is 164 Å². The molecule has 2 atom stereocenters. The second-order valence-corrected chi connectivity index (χ2v) is 14.1. The van der Waals surface area contributed by atoms with E-state index in [0.29, 0.717) is 13.2 Å². The number of ether oxygens (including phenoxy) is 3. The predicted octanol–water partition coefficient (Wildman–Crippen LogP) is 4.55. The summed E-state index contributed by atoms with van der Waals surface area (Å²) in [5.74, 6) is 0.595. The molecule has 1 aromatic carbocycles. The lowest BCUT2D eigenvalue weighted by molar-refractivity contribution is -0.149. The van der Waals surface area contributed by atoms with Gasteiger partial charge in [0.05, 0.1) is 31.8 Å². The molecule has 1 aromatic rings. The summed E-state index contributed by atoms with van der Waals surface area (Å²) in [5, 5.41) is 0.0587. The first-order valence-electron chi connectivity index (χ1n) is 9.48. The van der Waals surface area contributed by atoms with Gasteiger partial charge < -0.3 is 18.6 Å². The lowest BCUT2D eigenvalue weighted by Gasteiger charge is -2.41. The number of rotatable bonds is 7. The van der Waals surface area contributed by atoms with Crippen LogP contribution in [-0.4, -0.2) is 40.2 Å². The highest BCUT2D eigenvalue weighted by Gasteiger charge is 2.55. The van der Waals surface area contributed by atoms with Gasteiger partial charge in [-0.15, -0.1) is 0 Å². The summed E-state index contributed by atoms with van der Waals surface area (Å²) in [4.78, 5) is 12.4. The predicted molar refractivity (Wildman–Crippen MR) is 108 cm³/mol. The molecule has 1 heterocycles.